The van der Waals surface area contributed by atoms with E-state index in [0.717, 1.165) is 18.1 Å². The standard InChI is InChI=1S/C15H20FN5O3S/c1-11-17-7-9-21(11)8-3-6-18-15(22)19-14-10-12(4-5-13(14)16)20-25(2,23)24/h4-5,7,9-10,20H,3,6,8H2,1-2H3,(H2,18,19,22). The largest absolute Gasteiger partial charge is 0.338 e. The SMILES string of the molecule is Cc1nccn1CCCNC(=O)Nc1cc(NS(C)(=O)=O)ccc1F. The molecule has 2 amide bonds. The van der Waals surface area contributed by atoms with E-state index in [1.165, 1.54) is 12.1 Å². The number of anilines is 2. The second-order valence-electron chi connectivity index (χ2n) is 5.47. The van der Waals surface area contributed by atoms with Gasteiger partial charge in [-0.2, -0.15) is 0 Å². The minimum Gasteiger partial charge on any atom is -0.338 e. The van der Waals surface area contributed by atoms with Gasteiger partial charge in [-0.05, 0) is 31.5 Å². The first-order valence-electron chi connectivity index (χ1n) is 7.54. The second-order valence-corrected chi connectivity index (χ2v) is 7.22. The number of amides is 2. The maximum Gasteiger partial charge on any atom is 0.319 e. The Bertz CT molecular complexity index is 851. The predicted octanol–water partition coefficient (Wildman–Crippen LogP) is 1.91. The first-order valence-corrected chi connectivity index (χ1v) is 9.43. The van der Waals surface area contributed by atoms with Crippen LogP contribution in [0.25, 0.3) is 0 Å². The molecule has 0 saturated carbocycles. The summed E-state index contributed by atoms with van der Waals surface area (Å²) in [6.45, 7) is 2.99. The molecule has 1 aromatic heterocycles. The molecule has 136 valence electrons. The van der Waals surface area contributed by atoms with Crippen molar-refractivity contribution in [2.24, 2.45) is 0 Å². The summed E-state index contributed by atoms with van der Waals surface area (Å²) in [5.41, 5.74) is 0.0476. The van der Waals surface area contributed by atoms with E-state index < -0.39 is 21.9 Å². The van der Waals surface area contributed by atoms with Gasteiger partial charge in [-0.3, -0.25) is 4.72 Å². The van der Waals surface area contributed by atoms with Crippen molar-refractivity contribution < 1.29 is 17.6 Å². The van der Waals surface area contributed by atoms with Gasteiger partial charge < -0.3 is 15.2 Å². The van der Waals surface area contributed by atoms with E-state index in [2.05, 4.69) is 20.3 Å². The van der Waals surface area contributed by atoms with Gasteiger partial charge in [0.05, 0.1) is 17.6 Å². The number of imidazole rings is 1. The molecule has 1 heterocycles. The second kappa shape index (κ2) is 7.97. The number of hydrogen-bond donors (Lipinski definition) is 3. The average molecular weight is 369 g/mol. The smallest absolute Gasteiger partial charge is 0.319 e. The minimum absolute atomic E-state index is 0.114. The van der Waals surface area contributed by atoms with Gasteiger partial charge >= 0.3 is 6.03 Å². The van der Waals surface area contributed by atoms with Crippen LogP contribution < -0.4 is 15.4 Å². The first kappa shape index (κ1) is 18.7. The van der Waals surface area contributed by atoms with Gasteiger partial charge in [0.2, 0.25) is 10.0 Å². The van der Waals surface area contributed by atoms with Crippen LogP contribution in [0.3, 0.4) is 0 Å². The molecule has 2 aromatic rings. The summed E-state index contributed by atoms with van der Waals surface area (Å²) in [4.78, 5) is 15.9. The van der Waals surface area contributed by atoms with E-state index in [-0.39, 0.29) is 11.4 Å². The van der Waals surface area contributed by atoms with Gasteiger partial charge in [-0.15, -0.1) is 0 Å². The number of carbonyl (C=O) groups is 1. The molecule has 2 rings (SSSR count). The lowest BCUT2D eigenvalue weighted by atomic mass is 10.2. The van der Waals surface area contributed by atoms with Gasteiger partial charge in [0.1, 0.15) is 11.6 Å². The van der Waals surface area contributed by atoms with Gasteiger partial charge in [-0.25, -0.2) is 22.6 Å². The minimum atomic E-state index is -3.49. The molecular formula is C15H20FN5O3S. The molecule has 8 nitrogen and oxygen atoms in total. The number of sulfonamides is 1. The molecule has 0 aliphatic heterocycles. The van der Waals surface area contributed by atoms with Gasteiger partial charge in [-0.1, -0.05) is 0 Å². The highest BCUT2D eigenvalue weighted by molar-refractivity contribution is 7.92. The van der Waals surface area contributed by atoms with E-state index in [9.17, 15) is 17.6 Å². The van der Waals surface area contributed by atoms with Crippen LogP contribution in [-0.2, 0) is 16.6 Å². The number of nitrogens with zero attached hydrogens (tertiary/aromatic N) is 2. The maximum atomic E-state index is 13.8. The van der Waals surface area contributed by atoms with Crippen molar-refractivity contribution in [2.75, 3.05) is 22.8 Å². The summed E-state index contributed by atoms with van der Waals surface area (Å²) in [5, 5.41) is 4.98. The number of hydrogen-bond acceptors (Lipinski definition) is 4. The third-order valence-electron chi connectivity index (χ3n) is 3.30. The number of aromatic nitrogens is 2. The number of urea groups is 1. The van der Waals surface area contributed by atoms with Crippen LogP contribution in [0.15, 0.2) is 30.6 Å². The van der Waals surface area contributed by atoms with Crippen LogP contribution in [0.5, 0.6) is 0 Å². The third-order valence-corrected chi connectivity index (χ3v) is 3.91. The molecule has 3 N–H and O–H groups in total. The molecule has 10 heteroatoms. The van der Waals surface area contributed by atoms with E-state index in [1.54, 1.807) is 6.20 Å². The Labute approximate surface area is 145 Å². The highest BCUT2D eigenvalue weighted by atomic mass is 32.2. The third kappa shape index (κ3) is 6.07. The fourth-order valence-corrected chi connectivity index (χ4v) is 2.71. The maximum absolute atomic E-state index is 13.8. The van der Waals surface area contributed by atoms with Crippen molar-refractivity contribution in [1.82, 2.24) is 14.9 Å². The number of carbonyl (C=O) groups excluding carboxylic acids is 1. The topological polar surface area (TPSA) is 105 Å². The number of halogens is 1. The monoisotopic (exact) mass is 369 g/mol. The molecule has 1 aromatic carbocycles. The first-order chi connectivity index (χ1) is 11.7. The highest BCUT2D eigenvalue weighted by Crippen LogP contribution is 2.20. The predicted molar refractivity (Wildman–Crippen MR) is 93.5 cm³/mol. The normalized spacial score (nSPS) is 11.2. The molecule has 0 radical (unpaired) electrons. The summed E-state index contributed by atoms with van der Waals surface area (Å²) in [5.74, 6) is 0.227. The molecule has 0 unspecified atom stereocenters. The molecule has 0 aliphatic carbocycles. The summed E-state index contributed by atoms with van der Waals surface area (Å²) in [6, 6.07) is 2.99. The Morgan fingerprint density at radius 2 is 2.12 bits per heavy atom. The van der Waals surface area contributed by atoms with E-state index in [0.29, 0.717) is 19.5 Å². The van der Waals surface area contributed by atoms with Crippen molar-refractivity contribution in [3.05, 3.63) is 42.2 Å². The zero-order valence-electron chi connectivity index (χ0n) is 13.9. The van der Waals surface area contributed by atoms with Crippen molar-refractivity contribution in [1.29, 1.82) is 0 Å². The van der Waals surface area contributed by atoms with Crippen LogP contribution in [0.1, 0.15) is 12.2 Å². The fourth-order valence-electron chi connectivity index (χ4n) is 2.16. The van der Waals surface area contributed by atoms with Gasteiger partial charge in [0.15, 0.2) is 0 Å². The number of rotatable bonds is 7. The quantitative estimate of drug-likeness (QED) is 0.648. The lowest BCUT2D eigenvalue weighted by Crippen LogP contribution is -2.30. The Morgan fingerprint density at radius 1 is 1.36 bits per heavy atom. The molecule has 0 fully saturated rings. The van der Waals surface area contributed by atoms with Crippen LogP contribution in [0.2, 0.25) is 0 Å². The Hall–Kier alpha value is -2.62. The lowest BCUT2D eigenvalue weighted by Gasteiger charge is -2.11. The van der Waals surface area contributed by atoms with Crippen molar-refractivity contribution >= 4 is 27.4 Å². The molecular weight excluding hydrogens is 349 g/mol. The molecule has 0 saturated heterocycles. The van der Waals surface area contributed by atoms with Crippen molar-refractivity contribution in [3.8, 4) is 0 Å². The molecule has 0 atom stereocenters. The van der Waals surface area contributed by atoms with Gasteiger partial charge in [0.25, 0.3) is 0 Å². The lowest BCUT2D eigenvalue weighted by molar-refractivity contribution is 0.251. The molecule has 0 spiro atoms. The van der Waals surface area contributed by atoms with Crippen molar-refractivity contribution in [3.63, 3.8) is 0 Å². The van der Waals surface area contributed by atoms with Crippen LogP contribution in [0.4, 0.5) is 20.6 Å². The van der Waals surface area contributed by atoms with Gasteiger partial charge in [0, 0.05) is 25.5 Å². The molecule has 25 heavy (non-hydrogen) atoms. The van der Waals surface area contributed by atoms with E-state index >= 15 is 0 Å². The summed E-state index contributed by atoms with van der Waals surface area (Å²) in [7, 11) is -3.49. The van der Waals surface area contributed by atoms with E-state index in [4.69, 9.17) is 0 Å². The van der Waals surface area contributed by atoms with Crippen LogP contribution in [-0.4, -0.2) is 36.8 Å². The summed E-state index contributed by atoms with van der Waals surface area (Å²) < 4.78 is 40.3. The number of aryl methyl sites for hydroxylation is 2. The van der Waals surface area contributed by atoms with Crippen LogP contribution in [0, 0.1) is 12.7 Å². The zero-order valence-corrected chi connectivity index (χ0v) is 14.7. The summed E-state index contributed by atoms with van der Waals surface area (Å²) in [6.07, 6.45) is 5.22. The Balaban J connectivity index is 1.85. The van der Waals surface area contributed by atoms with E-state index in [1.807, 2.05) is 17.7 Å². The molecule has 0 bridgehead atoms. The Morgan fingerprint density at radius 3 is 2.76 bits per heavy atom. The molecule has 0 aliphatic rings. The zero-order chi connectivity index (χ0) is 18.4. The average Bonchev–Trinajstić information content (AvgIpc) is 2.91. The number of benzene rings is 1. The Kier molecular flexibility index (Phi) is 5.97. The fraction of sp³-hybridized carbons (Fsp3) is 0.333. The highest BCUT2D eigenvalue weighted by Gasteiger charge is 2.09. The summed E-state index contributed by atoms with van der Waals surface area (Å²) >= 11 is 0. The van der Waals surface area contributed by atoms with Crippen molar-refractivity contribution in [2.45, 2.75) is 19.9 Å². The van der Waals surface area contributed by atoms with Crippen LogP contribution >= 0.6 is 0 Å². The number of nitrogens with one attached hydrogen (secondary N) is 3.